The standard InChI is InChI=1S/C10H8F3N/c1-6-3-8(5-14)9(4-7(6)2)10(11,12)13/h3-4H,1-2H3. The van der Waals surface area contributed by atoms with Crippen molar-refractivity contribution in [3.63, 3.8) is 0 Å². The molecule has 0 saturated heterocycles. The molecule has 4 heteroatoms. The Balaban J connectivity index is 3.45. The topological polar surface area (TPSA) is 23.8 Å². The lowest BCUT2D eigenvalue weighted by Gasteiger charge is -2.10. The molecule has 0 radical (unpaired) electrons. The summed E-state index contributed by atoms with van der Waals surface area (Å²) in [6.45, 7) is 3.27. The van der Waals surface area contributed by atoms with Crippen molar-refractivity contribution in [3.05, 3.63) is 34.4 Å². The van der Waals surface area contributed by atoms with Crippen LogP contribution in [0.25, 0.3) is 0 Å². The van der Waals surface area contributed by atoms with Crippen molar-refractivity contribution < 1.29 is 13.2 Å². The highest BCUT2D eigenvalue weighted by molar-refractivity contribution is 5.45. The van der Waals surface area contributed by atoms with Gasteiger partial charge in [0.25, 0.3) is 0 Å². The molecule has 74 valence electrons. The smallest absolute Gasteiger partial charge is 0.192 e. The van der Waals surface area contributed by atoms with E-state index in [4.69, 9.17) is 5.26 Å². The van der Waals surface area contributed by atoms with Gasteiger partial charge in [-0.2, -0.15) is 18.4 Å². The zero-order valence-corrected chi connectivity index (χ0v) is 7.74. The number of nitriles is 1. The SMILES string of the molecule is Cc1cc(C#N)c(C(F)(F)F)cc1C. The fourth-order valence-corrected chi connectivity index (χ4v) is 1.14. The van der Waals surface area contributed by atoms with E-state index in [-0.39, 0.29) is 5.56 Å². The molecule has 14 heavy (non-hydrogen) atoms. The van der Waals surface area contributed by atoms with Crippen LogP contribution >= 0.6 is 0 Å². The molecule has 0 aliphatic rings. The minimum Gasteiger partial charge on any atom is -0.192 e. The molecule has 0 aliphatic heterocycles. The van der Waals surface area contributed by atoms with E-state index in [1.807, 2.05) is 0 Å². The lowest BCUT2D eigenvalue weighted by Crippen LogP contribution is -2.08. The predicted octanol–water partition coefficient (Wildman–Crippen LogP) is 3.19. The maximum atomic E-state index is 12.4. The van der Waals surface area contributed by atoms with Gasteiger partial charge in [-0.25, -0.2) is 0 Å². The lowest BCUT2D eigenvalue weighted by atomic mass is 10.0. The van der Waals surface area contributed by atoms with Crippen LogP contribution in [-0.4, -0.2) is 0 Å². The van der Waals surface area contributed by atoms with E-state index >= 15 is 0 Å². The highest BCUT2D eigenvalue weighted by atomic mass is 19.4. The molecule has 0 saturated carbocycles. The molecule has 0 atom stereocenters. The van der Waals surface area contributed by atoms with Crippen LogP contribution in [0.15, 0.2) is 12.1 Å². The summed E-state index contributed by atoms with van der Waals surface area (Å²) in [6.07, 6.45) is -4.45. The first-order valence-corrected chi connectivity index (χ1v) is 3.95. The fourth-order valence-electron chi connectivity index (χ4n) is 1.14. The molecular weight excluding hydrogens is 191 g/mol. The molecule has 0 N–H and O–H groups in total. The summed E-state index contributed by atoms with van der Waals surface area (Å²) in [5, 5.41) is 8.55. The molecule has 0 fully saturated rings. The summed E-state index contributed by atoms with van der Waals surface area (Å²) in [5.41, 5.74) is 0.0505. The van der Waals surface area contributed by atoms with E-state index in [0.29, 0.717) is 11.1 Å². The van der Waals surface area contributed by atoms with Crippen LogP contribution in [0, 0.1) is 25.2 Å². The first-order valence-electron chi connectivity index (χ1n) is 3.95. The molecular formula is C10H8F3N. The molecule has 0 amide bonds. The van der Waals surface area contributed by atoms with Crippen molar-refractivity contribution >= 4 is 0 Å². The maximum absolute atomic E-state index is 12.4. The van der Waals surface area contributed by atoms with Gasteiger partial charge in [-0.1, -0.05) is 0 Å². The van der Waals surface area contributed by atoms with Gasteiger partial charge < -0.3 is 0 Å². The maximum Gasteiger partial charge on any atom is 0.417 e. The Bertz CT molecular complexity index is 399. The number of hydrogen-bond donors (Lipinski definition) is 0. The molecule has 0 heterocycles. The van der Waals surface area contributed by atoms with Gasteiger partial charge in [0.2, 0.25) is 0 Å². The molecule has 1 rings (SSSR count). The van der Waals surface area contributed by atoms with Crippen molar-refractivity contribution in [2.45, 2.75) is 20.0 Å². The van der Waals surface area contributed by atoms with E-state index in [1.54, 1.807) is 19.9 Å². The average Bonchev–Trinajstić information content (AvgIpc) is 2.07. The largest absolute Gasteiger partial charge is 0.417 e. The number of halogens is 3. The Morgan fingerprint density at radius 3 is 2.07 bits per heavy atom. The van der Waals surface area contributed by atoms with Gasteiger partial charge in [0.15, 0.2) is 0 Å². The average molecular weight is 199 g/mol. The Morgan fingerprint density at radius 2 is 1.64 bits per heavy atom. The van der Waals surface area contributed by atoms with Gasteiger partial charge in [-0.3, -0.25) is 0 Å². The third-order valence-corrected chi connectivity index (χ3v) is 2.06. The van der Waals surface area contributed by atoms with Crippen molar-refractivity contribution in [2.75, 3.05) is 0 Å². The molecule has 0 spiro atoms. The highest BCUT2D eigenvalue weighted by Crippen LogP contribution is 2.33. The van der Waals surface area contributed by atoms with Crippen LogP contribution in [0.4, 0.5) is 13.2 Å². The third-order valence-electron chi connectivity index (χ3n) is 2.06. The van der Waals surface area contributed by atoms with Gasteiger partial charge in [-0.15, -0.1) is 0 Å². The lowest BCUT2D eigenvalue weighted by molar-refractivity contribution is -0.137. The van der Waals surface area contributed by atoms with E-state index in [1.165, 1.54) is 6.07 Å². The van der Waals surface area contributed by atoms with E-state index in [0.717, 1.165) is 6.07 Å². The van der Waals surface area contributed by atoms with Gasteiger partial charge in [0.1, 0.15) is 0 Å². The Kier molecular flexibility index (Phi) is 2.52. The quantitative estimate of drug-likeness (QED) is 0.629. The van der Waals surface area contributed by atoms with Gasteiger partial charge in [0, 0.05) is 0 Å². The van der Waals surface area contributed by atoms with E-state index in [2.05, 4.69) is 0 Å². The number of aryl methyl sites for hydroxylation is 2. The van der Waals surface area contributed by atoms with Crippen molar-refractivity contribution in [2.24, 2.45) is 0 Å². The number of nitrogens with zero attached hydrogens (tertiary/aromatic N) is 1. The summed E-state index contributed by atoms with van der Waals surface area (Å²) in [4.78, 5) is 0. The minimum absolute atomic E-state index is 0.319. The monoisotopic (exact) mass is 199 g/mol. The first kappa shape index (κ1) is 10.6. The van der Waals surface area contributed by atoms with Crippen molar-refractivity contribution in [3.8, 4) is 6.07 Å². The molecule has 0 aromatic heterocycles. The first-order chi connectivity index (χ1) is 6.36. The number of hydrogen-bond acceptors (Lipinski definition) is 1. The number of benzene rings is 1. The second-order valence-electron chi connectivity index (χ2n) is 3.09. The summed E-state index contributed by atoms with van der Waals surface area (Å²) in [7, 11) is 0. The van der Waals surface area contributed by atoms with Crippen LogP contribution in [0.3, 0.4) is 0 Å². The van der Waals surface area contributed by atoms with Crippen LogP contribution in [-0.2, 0) is 6.18 Å². The Labute approximate surface area is 79.8 Å². The summed E-state index contributed by atoms with van der Waals surface area (Å²) in [5.74, 6) is 0. The predicted molar refractivity (Wildman–Crippen MR) is 45.6 cm³/mol. The van der Waals surface area contributed by atoms with Crippen molar-refractivity contribution in [1.82, 2.24) is 0 Å². The van der Waals surface area contributed by atoms with E-state index in [9.17, 15) is 13.2 Å². The number of alkyl halides is 3. The van der Waals surface area contributed by atoms with Gasteiger partial charge in [-0.05, 0) is 37.1 Å². The fraction of sp³-hybridized carbons (Fsp3) is 0.300. The van der Waals surface area contributed by atoms with Crippen LogP contribution < -0.4 is 0 Å². The Morgan fingerprint density at radius 1 is 1.14 bits per heavy atom. The summed E-state index contributed by atoms with van der Waals surface area (Å²) in [6, 6.07) is 3.82. The molecule has 1 aromatic rings. The third kappa shape index (κ3) is 1.87. The summed E-state index contributed by atoms with van der Waals surface area (Å²) >= 11 is 0. The normalized spacial score (nSPS) is 11.1. The van der Waals surface area contributed by atoms with Crippen LogP contribution in [0.2, 0.25) is 0 Å². The molecule has 0 unspecified atom stereocenters. The molecule has 0 bridgehead atoms. The van der Waals surface area contributed by atoms with Gasteiger partial charge >= 0.3 is 6.18 Å². The van der Waals surface area contributed by atoms with Crippen LogP contribution in [0.1, 0.15) is 22.3 Å². The second-order valence-corrected chi connectivity index (χ2v) is 3.09. The minimum atomic E-state index is -4.45. The second kappa shape index (κ2) is 3.33. The number of rotatable bonds is 0. The molecule has 1 aromatic carbocycles. The zero-order valence-electron chi connectivity index (χ0n) is 7.74. The van der Waals surface area contributed by atoms with Crippen molar-refractivity contribution in [1.29, 1.82) is 5.26 Å². The molecule has 0 aliphatic carbocycles. The van der Waals surface area contributed by atoms with Crippen LogP contribution in [0.5, 0.6) is 0 Å². The summed E-state index contributed by atoms with van der Waals surface area (Å²) < 4.78 is 37.2. The van der Waals surface area contributed by atoms with Gasteiger partial charge in [0.05, 0.1) is 17.2 Å². The Hall–Kier alpha value is -1.50. The highest BCUT2D eigenvalue weighted by Gasteiger charge is 2.33. The zero-order chi connectivity index (χ0) is 10.9. The molecule has 1 nitrogen and oxygen atoms in total. The van der Waals surface area contributed by atoms with E-state index < -0.39 is 11.7 Å².